The second-order valence-corrected chi connectivity index (χ2v) is 10.4. The molecule has 1 unspecified atom stereocenters. The van der Waals surface area contributed by atoms with Gasteiger partial charge in [-0.1, -0.05) is 25.7 Å². The topological polar surface area (TPSA) is 52.3 Å². The van der Waals surface area contributed by atoms with E-state index in [1.165, 1.54) is 0 Å². The SMILES string of the molecule is CCOC(=O)CC(CN)C[Si](C)(C)C. The lowest BCUT2D eigenvalue weighted by Gasteiger charge is -2.22. The quantitative estimate of drug-likeness (QED) is 0.546. The van der Waals surface area contributed by atoms with Crippen molar-refractivity contribution >= 4 is 14.0 Å². The van der Waals surface area contributed by atoms with Crippen LogP contribution < -0.4 is 5.73 Å². The van der Waals surface area contributed by atoms with Crippen LogP contribution in [-0.4, -0.2) is 27.2 Å². The van der Waals surface area contributed by atoms with Crippen LogP contribution in [0.25, 0.3) is 0 Å². The van der Waals surface area contributed by atoms with E-state index in [1.54, 1.807) is 0 Å². The van der Waals surface area contributed by atoms with Gasteiger partial charge in [0, 0.05) is 14.5 Å². The molecule has 4 heteroatoms. The van der Waals surface area contributed by atoms with Gasteiger partial charge in [-0.05, 0) is 19.4 Å². The highest BCUT2D eigenvalue weighted by Gasteiger charge is 2.21. The van der Waals surface area contributed by atoms with Gasteiger partial charge in [0.25, 0.3) is 0 Å². The normalized spacial score (nSPS) is 13.8. The number of rotatable bonds is 6. The number of hydrogen-bond donors (Lipinski definition) is 1. The predicted octanol–water partition coefficient (Wildman–Crippen LogP) is 1.85. The van der Waals surface area contributed by atoms with Crippen LogP contribution in [0, 0.1) is 5.92 Å². The Balaban J connectivity index is 3.97. The second kappa shape index (κ2) is 6.19. The van der Waals surface area contributed by atoms with Crippen LogP contribution in [0.1, 0.15) is 13.3 Å². The molecular formula is C10H23NO2Si. The predicted molar refractivity (Wildman–Crippen MR) is 61.9 cm³/mol. The molecule has 0 aromatic carbocycles. The summed E-state index contributed by atoms with van der Waals surface area (Å²) < 4.78 is 4.91. The summed E-state index contributed by atoms with van der Waals surface area (Å²) in [6.45, 7) is 9.75. The smallest absolute Gasteiger partial charge is 0.306 e. The molecule has 1 atom stereocenters. The minimum absolute atomic E-state index is 0.110. The lowest BCUT2D eigenvalue weighted by atomic mass is 10.1. The summed E-state index contributed by atoms with van der Waals surface area (Å²) >= 11 is 0. The highest BCUT2D eigenvalue weighted by molar-refractivity contribution is 6.76. The van der Waals surface area contributed by atoms with Gasteiger partial charge in [0.15, 0.2) is 0 Å². The van der Waals surface area contributed by atoms with E-state index >= 15 is 0 Å². The van der Waals surface area contributed by atoms with Crippen molar-refractivity contribution in [3.8, 4) is 0 Å². The highest BCUT2D eigenvalue weighted by Crippen LogP contribution is 2.19. The van der Waals surface area contributed by atoms with Crippen molar-refractivity contribution in [2.75, 3.05) is 13.2 Å². The zero-order chi connectivity index (χ0) is 11.2. The van der Waals surface area contributed by atoms with Crippen molar-refractivity contribution < 1.29 is 9.53 Å². The third-order valence-corrected chi connectivity index (χ3v) is 3.80. The molecule has 0 spiro atoms. The first-order valence-corrected chi connectivity index (χ1v) is 8.95. The van der Waals surface area contributed by atoms with Crippen LogP contribution in [0.2, 0.25) is 25.7 Å². The second-order valence-electron chi connectivity index (χ2n) is 4.88. The Hall–Kier alpha value is -0.353. The zero-order valence-electron chi connectivity index (χ0n) is 9.80. The molecule has 0 fully saturated rings. The van der Waals surface area contributed by atoms with Gasteiger partial charge in [0.1, 0.15) is 0 Å². The Morgan fingerprint density at radius 2 is 2.00 bits per heavy atom. The van der Waals surface area contributed by atoms with E-state index in [9.17, 15) is 4.79 Å². The Kier molecular flexibility index (Phi) is 6.03. The minimum Gasteiger partial charge on any atom is -0.466 e. The third-order valence-electron chi connectivity index (χ3n) is 2.00. The largest absolute Gasteiger partial charge is 0.466 e. The van der Waals surface area contributed by atoms with E-state index < -0.39 is 8.07 Å². The summed E-state index contributed by atoms with van der Waals surface area (Å²) in [5.74, 6) is 0.196. The number of hydrogen-bond acceptors (Lipinski definition) is 3. The van der Waals surface area contributed by atoms with Crippen LogP contribution in [0.4, 0.5) is 0 Å². The van der Waals surface area contributed by atoms with E-state index in [1.807, 2.05) is 6.92 Å². The Morgan fingerprint density at radius 3 is 2.36 bits per heavy atom. The molecule has 0 bridgehead atoms. The fourth-order valence-corrected chi connectivity index (χ4v) is 3.60. The molecule has 0 aliphatic rings. The molecule has 0 heterocycles. The van der Waals surface area contributed by atoms with Gasteiger partial charge >= 0.3 is 5.97 Å². The number of carbonyl (C=O) groups is 1. The molecule has 0 aromatic heterocycles. The Morgan fingerprint density at radius 1 is 1.43 bits per heavy atom. The van der Waals surface area contributed by atoms with E-state index in [0.717, 1.165) is 6.04 Å². The summed E-state index contributed by atoms with van der Waals surface area (Å²) in [6, 6.07) is 1.10. The first-order chi connectivity index (χ1) is 6.39. The molecule has 0 saturated heterocycles. The molecular weight excluding hydrogens is 194 g/mol. The third kappa shape index (κ3) is 7.09. The summed E-state index contributed by atoms with van der Waals surface area (Å²) in [4.78, 5) is 11.2. The molecule has 14 heavy (non-hydrogen) atoms. The Labute approximate surface area is 88.0 Å². The van der Waals surface area contributed by atoms with Crippen LogP contribution in [0.3, 0.4) is 0 Å². The summed E-state index contributed by atoms with van der Waals surface area (Å²) in [7, 11) is -1.12. The maximum absolute atomic E-state index is 11.2. The fourth-order valence-electron chi connectivity index (χ4n) is 1.56. The molecule has 0 saturated carbocycles. The number of esters is 1. The molecule has 2 N–H and O–H groups in total. The molecule has 0 aromatic rings. The minimum atomic E-state index is -1.12. The van der Waals surface area contributed by atoms with E-state index in [4.69, 9.17) is 10.5 Å². The molecule has 0 rings (SSSR count). The molecule has 0 amide bonds. The van der Waals surface area contributed by atoms with Crippen LogP contribution in [0.15, 0.2) is 0 Å². The van der Waals surface area contributed by atoms with Crippen LogP contribution in [-0.2, 0) is 9.53 Å². The van der Waals surface area contributed by atoms with Crippen molar-refractivity contribution in [2.24, 2.45) is 11.7 Å². The maximum Gasteiger partial charge on any atom is 0.306 e. The van der Waals surface area contributed by atoms with Gasteiger partial charge in [-0.2, -0.15) is 0 Å². The van der Waals surface area contributed by atoms with Crippen molar-refractivity contribution in [1.29, 1.82) is 0 Å². The lowest BCUT2D eigenvalue weighted by Crippen LogP contribution is -2.29. The van der Waals surface area contributed by atoms with Crippen molar-refractivity contribution in [2.45, 2.75) is 39.0 Å². The number of nitrogens with two attached hydrogens (primary N) is 1. The van der Waals surface area contributed by atoms with Crippen LogP contribution >= 0.6 is 0 Å². The maximum atomic E-state index is 11.2. The number of carbonyl (C=O) groups excluding carboxylic acids is 1. The van der Waals surface area contributed by atoms with Gasteiger partial charge in [0.2, 0.25) is 0 Å². The molecule has 0 aliphatic heterocycles. The van der Waals surface area contributed by atoms with E-state index in [0.29, 0.717) is 25.5 Å². The first-order valence-electron chi connectivity index (χ1n) is 5.24. The van der Waals surface area contributed by atoms with Crippen LogP contribution in [0.5, 0.6) is 0 Å². The standard InChI is InChI=1S/C10H23NO2Si/c1-5-13-10(12)6-9(7-11)8-14(2,3)4/h9H,5-8,11H2,1-4H3. The Bertz CT molecular complexity index is 177. The van der Waals surface area contributed by atoms with E-state index in [2.05, 4.69) is 19.6 Å². The highest BCUT2D eigenvalue weighted by atomic mass is 28.3. The zero-order valence-corrected chi connectivity index (χ0v) is 10.8. The summed E-state index contributed by atoms with van der Waals surface area (Å²) in [6.07, 6.45) is 0.481. The van der Waals surface area contributed by atoms with Gasteiger partial charge < -0.3 is 10.5 Å². The molecule has 0 aliphatic carbocycles. The lowest BCUT2D eigenvalue weighted by molar-refractivity contribution is -0.144. The average Bonchev–Trinajstić information content (AvgIpc) is 2.01. The molecule has 84 valence electrons. The van der Waals surface area contributed by atoms with Crippen molar-refractivity contribution in [1.82, 2.24) is 0 Å². The summed E-state index contributed by atoms with van der Waals surface area (Å²) in [5, 5.41) is 0. The van der Waals surface area contributed by atoms with Gasteiger partial charge in [0.05, 0.1) is 6.61 Å². The molecule has 0 radical (unpaired) electrons. The van der Waals surface area contributed by atoms with E-state index in [-0.39, 0.29) is 5.97 Å². The monoisotopic (exact) mass is 217 g/mol. The van der Waals surface area contributed by atoms with Crippen molar-refractivity contribution in [3.63, 3.8) is 0 Å². The number of ether oxygens (including phenoxy) is 1. The average molecular weight is 217 g/mol. The molecule has 3 nitrogen and oxygen atoms in total. The van der Waals surface area contributed by atoms with Crippen molar-refractivity contribution in [3.05, 3.63) is 0 Å². The first kappa shape index (κ1) is 13.6. The fraction of sp³-hybridized carbons (Fsp3) is 0.900. The van der Waals surface area contributed by atoms with Gasteiger partial charge in [-0.25, -0.2) is 0 Å². The van der Waals surface area contributed by atoms with Gasteiger partial charge in [-0.3, -0.25) is 4.79 Å². The van der Waals surface area contributed by atoms with Gasteiger partial charge in [-0.15, -0.1) is 0 Å². The summed E-state index contributed by atoms with van der Waals surface area (Å²) in [5.41, 5.74) is 5.64.